The molecular weight excluding hydrogens is 312 g/mol. The summed E-state index contributed by atoms with van der Waals surface area (Å²) in [5.41, 5.74) is 2.16. The predicted molar refractivity (Wildman–Crippen MR) is 89.0 cm³/mol. The van der Waals surface area contributed by atoms with Crippen molar-refractivity contribution in [1.29, 1.82) is 0 Å². The maximum atomic E-state index is 12.2. The molecule has 23 heavy (non-hydrogen) atoms. The zero-order chi connectivity index (χ0) is 16.4. The van der Waals surface area contributed by atoms with E-state index in [9.17, 15) is 9.59 Å². The lowest BCUT2D eigenvalue weighted by Gasteiger charge is -1.99. The zero-order valence-corrected chi connectivity index (χ0v) is 13.4. The Bertz CT molecular complexity index is 865. The van der Waals surface area contributed by atoms with E-state index in [0.717, 1.165) is 22.5 Å². The summed E-state index contributed by atoms with van der Waals surface area (Å²) in [7, 11) is 0. The minimum atomic E-state index is -0.379. The van der Waals surface area contributed by atoms with Crippen molar-refractivity contribution in [1.82, 2.24) is 4.98 Å². The van der Waals surface area contributed by atoms with Crippen molar-refractivity contribution in [2.45, 2.75) is 13.8 Å². The SMILES string of the molecule is CC(=O)c1sc(NC(=O)c2occc2C)nc1-c1ccccc1. The molecule has 6 heteroatoms. The summed E-state index contributed by atoms with van der Waals surface area (Å²) in [5, 5.41) is 3.06. The van der Waals surface area contributed by atoms with Crippen molar-refractivity contribution in [2.75, 3.05) is 5.32 Å². The quantitative estimate of drug-likeness (QED) is 0.730. The van der Waals surface area contributed by atoms with Gasteiger partial charge in [0, 0.05) is 18.1 Å². The second kappa shape index (κ2) is 6.18. The van der Waals surface area contributed by atoms with Crippen LogP contribution in [0.1, 0.15) is 32.7 Å². The summed E-state index contributed by atoms with van der Waals surface area (Å²) in [6, 6.07) is 11.1. The smallest absolute Gasteiger partial charge is 0.293 e. The third-order valence-electron chi connectivity index (χ3n) is 3.28. The van der Waals surface area contributed by atoms with Crippen molar-refractivity contribution in [3.8, 4) is 11.3 Å². The number of benzene rings is 1. The number of nitrogens with one attached hydrogen (secondary N) is 1. The summed E-state index contributed by atoms with van der Waals surface area (Å²) < 4.78 is 5.17. The molecule has 0 saturated heterocycles. The molecule has 0 saturated carbocycles. The van der Waals surface area contributed by atoms with E-state index in [-0.39, 0.29) is 17.5 Å². The molecule has 2 heterocycles. The highest BCUT2D eigenvalue weighted by Crippen LogP contribution is 2.31. The summed E-state index contributed by atoms with van der Waals surface area (Å²) in [5.74, 6) is -0.224. The van der Waals surface area contributed by atoms with E-state index in [1.165, 1.54) is 13.2 Å². The summed E-state index contributed by atoms with van der Waals surface area (Å²) in [6.45, 7) is 3.28. The number of aryl methyl sites for hydroxylation is 1. The third-order valence-corrected chi connectivity index (χ3v) is 4.35. The van der Waals surface area contributed by atoms with Gasteiger partial charge in [-0.15, -0.1) is 0 Å². The van der Waals surface area contributed by atoms with Crippen molar-refractivity contribution in [3.05, 3.63) is 58.9 Å². The first-order valence-corrected chi connectivity index (χ1v) is 7.80. The highest BCUT2D eigenvalue weighted by molar-refractivity contribution is 7.18. The lowest BCUT2D eigenvalue weighted by atomic mass is 10.1. The van der Waals surface area contributed by atoms with Crippen LogP contribution in [-0.2, 0) is 0 Å². The molecule has 0 unspecified atom stereocenters. The van der Waals surface area contributed by atoms with Crippen LogP contribution in [0, 0.1) is 6.92 Å². The van der Waals surface area contributed by atoms with Crippen LogP contribution in [-0.4, -0.2) is 16.7 Å². The molecule has 0 bridgehead atoms. The van der Waals surface area contributed by atoms with Gasteiger partial charge < -0.3 is 4.42 Å². The fourth-order valence-electron chi connectivity index (χ4n) is 2.16. The molecule has 0 spiro atoms. The van der Waals surface area contributed by atoms with Gasteiger partial charge in [-0.25, -0.2) is 4.98 Å². The molecule has 0 atom stereocenters. The number of rotatable bonds is 4. The number of thiazole rings is 1. The van der Waals surface area contributed by atoms with Gasteiger partial charge in [0.05, 0.1) is 16.8 Å². The average molecular weight is 326 g/mol. The van der Waals surface area contributed by atoms with Gasteiger partial charge in [0.25, 0.3) is 5.91 Å². The number of hydrogen-bond acceptors (Lipinski definition) is 5. The van der Waals surface area contributed by atoms with E-state index in [1.54, 1.807) is 13.0 Å². The number of anilines is 1. The Kier molecular flexibility index (Phi) is 4.08. The number of nitrogens with zero attached hydrogens (tertiary/aromatic N) is 1. The third kappa shape index (κ3) is 3.07. The standard InChI is InChI=1S/C17H14N2O3S/c1-10-8-9-22-14(10)16(21)19-17-18-13(15(23-17)11(2)20)12-6-4-3-5-7-12/h3-9H,1-2H3,(H,18,19,21). The van der Waals surface area contributed by atoms with Gasteiger partial charge in [-0.1, -0.05) is 41.7 Å². The van der Waals surface area contributed by atoms with Gasteiger partial charge >= 0.3 is 0 Å². The number of ketones is 1. The molecule has 116 valence electrons. The second-order valence-electron chi connectivity index (χ2n) is 5.01. The van der Waals surface area contributed by atoms with E-state index in [0.29, 0.717) is 15.7 Å². The molecule has 3 aromatic rings. The number of carbonyl (C=O) groups excluding carboxylic acids is 2. The lowest BCUT2D eigenvalue weighted by Crippen LogP contribution is -2.11. The molecule has 0 aliphatic rings. The van der Waals surface area contributed by atoms with Crippen LogP contribution in [0.3, 0.4) is 0 Å². The molecule has 3 rings (SSSR count). The first-order valence-electron chi connectivity index (χ1n) is 6.99. The fourth-order valence-corrected chi connectivity index (χ4v) is 3.04. The van der Waals surface area contributed by atoms with Gasteiger partial charge in [0.1, 0.15) is 0 Å². The van der Waals surface area contributed by atoms with Gasteiger partial charge in [-0.05, 0) is 13.0 Å². The molecule has 2 aromatic heterocycles. The second-order valence-corrected chi connectivity index (χ2v) is 6.00. The largest absolute Gasteiger partial charge is 0.459 e. The van der Waals surface area contributed by atoms with E-state index in [1.807, 2.05) is 30.3 Å². The Labute approximate surface area is 137 Å². The molecule has 0 aliphatic heterocycles. The van der Waals surface area contributed by atoms with E-state index in [4.69, 9.17) is 4.42 Å². The number of carbonyl (C=O) groups is 2. The molecule has 1 aromatic carbocycles. The monoisotopic (exact) mass is 326 g/mol. The van der Waals surface area contributed by atoms with E-state index >= 15 is 0 Å². The van der Waals surface area contributed by atoms with E-state index < -0.39 is 0 Å². The van der Waals surface area contributed by atoms with E-state index in [2.05, 4.69) is 10.3 Å². The lowest BCUT2D eigenvalue weighted by molar-refractivity contribution is 0.0993. The Morgan fingerprint density at radius 1 is 1.17 bits per heavy atom. The van der Waals surface area contributed by atoms with Crippen molar-refractivity contribution >= 4 is 28.2 Å². The van der Waals surface area contributed by atoms with Gasteiger partial charge in [-0.3, -0.25) is 14.9 Å². The first-order chi connectivity index (χ1) is 11.1. The predicted octanol–water partition coefficient (Wildman–Crippen LogP) is 4.17. The first kappa shape index (κ1) is 15.2. The molecule has 0 radical (unpaired) electrons. The highest BCUT2D eigenvalue weighted by atomic mass is 32.1. The Balaban J connectivity index is 1.94. The van der Waals surface area contributed by atoms with Gasteiger partial charge in [-0.2, -0.15) is 0 Å². The Hall–Kier alpha value is -2.73. The molecular formula is C17H14N2O3S. The Morgan fingerprint density at radius 2 is 1.91 bits per heavy atom. The molecule has 0 aliphatic carbocycles. The average Bonchev–Trinajstić information content (AvgIpc) is 3.14. The number of hydrogen-bond donors (Lipinski definition) is 1. The van der Waals surface area contributed by atoms with Crippen molar-refractivity contribution < 1.29 is 14.0 Å². The number of furan rings is 1. The number of amides is 1. The maximum Gasteiger partial charge on any atom is 0.293 e. The highest BCUT2D eigenvalue weighted by Gasteiger charge is 2.19. The minimum Gasteiger partial charge on any atom is -0.459 e. The van der Waals surface area contributed by atoms with Gasteiger partial charge in [0.2, 0.25) is 0 Å². The van der Waals surface area contributed by atoms with Crippen LogP contribution in [0.5, 0.6) is 0 Å². The fraction of sp³-hybridized carbons (Fsp3) is 0.118. The van der Waals surface area contributed by atoms with Crippen molar-refractivity contribution in [2.24, 2.45) is 0 Å². The number of aromatic nitrogens is 1. The molecule has 0 fully saturated rings. The molecule has 5 nitrogen and oxygen atoms in total. The van der Waals surface area contributed by atoms with Crippen LogP contribution in [0.4, 0.5) is 5.13 Å². The maximum absolute atomic E-state index is 12.2. The molecule has 1 N–H and O–H groups in total. The number of Topliss-reactive ketones (excluding diaryl/α,β-unsaturated/α-hetero) is 1. The zero-order valence-electron chi connectivity index (χ0n) is 12.6. The van der Waals surface area contributed by atoms with Crippen LogP contribution in [0.2, 0.25) is 0 Å². The summed E-state index contributed by atoms with van der Waals surface area (Å²) in [6.07, 6.45) is 1.46. The Morgan fingerprint density at radius 3 is 2.52 bits per heavy atom. The topological polar surface area (TPSA) is 72.2 Å². The van der Waals surface area contributed by atoms with Crippen LogP contribution in [0.15, 0.2) is 47.1 Å². The van der Waals surface area contributed by atoms with Crippen molar-refractivity contribution in [3.63, 3.8) is 0 Å². The molecule has 1 amide bonds. The van der Waals surface area contributed by atoms with Crippen LogP contribution < -0.4 is 5.32 Å². The normalized spacial score (nSPS) is 10.5. The van der Waals surface area contributed by atoms with Crippen LogP contribution >= 0.6 is 11.3 Å². The summed E-state index contributed by atoms with van der Waals surface area (Å²) >= 11 is 1.16. The summed E-state index contributed by atoms with van der Waals surface area (Å²) in [4.78, 5) is 29.0. The van der Waals surface area contributed by atoms with Gasteiger partial charge in [0.15, 0.2) is 16.7 Å². The minimum absolute atomic E-state index is 0.0870. The van der Waals surface area contributed by atoms with Crippen LogP contribution in [0.25, 0.3) is 11.3 Å².